The van der Waals surface area contributed by atoms with Crippen LogP contribution in [-0.2, 0) is 16.6 Å². The molecule has 1 aliphatic heterocycles. The number of nitrogens with zero attached hydrogens (tertiary/aromatic N) is 1. The third-order valence-corrected chi connectivity index (χ3v) is 7.57. The Hall–Kier alpha value is -1.26. The van der Waals surface area contributed by atoms with Crippen molar-refractivity contribution in [2.75, 3.05) is 20.2 Å². The number of fused-ring (bicyclic) bond motifs is 1. The van der Waals surface area contributed by atoms with Crippen LogP contribution in [0.1, 0.15) is 49.7 Å². The largest absolute Gasteiger partial charge is 0.504 e. The molecule has 4 nitrogen and oxygen atoms in total. The summed E-state index contributed by atoms with van der Waals surface area (Å²) in [7, 11) is 1.81. The molecule has 0 radical (unpaired) electrons. The highest BCUT2D eigenvalue weighted by atomic mass is 16.5. The SMILES string of the molecule is CO[C@H]1CCC2C3Cc4ccc(O)c(O)c4[C@]2(CCN3CC2CC2)C1. The number of piperidine rings is 1. The normalized spacial score (nSPS) is 37.4. The molecular formula is C21H29NO3. The Bertz CT molecular complexity index is 686. The van der Waals surface area contributed by atoms with Crippen LogP contribution in [0.15, 0.2) is 12.1 Å². The number of methoxy groups -OCH3 is 1. The third-order valence-electron chi connectivity index (χ3n) is 7.57. The molecule has 4 heteroatoms. The lowest BCUT2D eigenvalue weighted by Gasteiger charge is -2.60. The molecule has 2 bridgehead atoms. The van der Waals surface area contributed by atoms with Gasteiger partial charge in [-0.25, -0.2) is 0 Å². The van der Waals surface area contributed by atoms with Gasteiger partial charge >= 0.3 is 0 Å². The molecule has 0 aromatic heterocycles. The molecule has 1 heterocycles. The van der Waals surface area contributed by atoms with Crippen molar-refractivity contribution < 1.29 is 14.9 Å². The van der Waals surface area contributed by atoms with Crippen LogP contribution in [0.2, 0.25) is 0 Å². The molecule has 3 aliphatic carbocycles. The van der Waals surface area contributed by atoms with Crippen LogP contribution < -0.4 is 0 Å². The second kappa shape index (κ2) is 5.62. The highest BCUT2D eigenvalue weighted by Gasteiger charge is 2.57. The van der Waals surface area contributed by atoms with Crippen molar-refractivity contribution in [3.05, 3.63) is 23.3 Å². The van der Waals surface area contributed by atoms with Crippen LogP contribution in [-0.4, -0.2) is 47.5 Å². The van der Waals surface area contributed by atoms with E-state index in [0.29, 0.717) is 12.0 Å². The summed E-state index contributed by atoms with van der Waals surface area (Å²) in [6.45, 7) is 2.37. The maximum atomic E-state index is 10.8. The Kier molecular flexibility index (Phi) is 3.58. The predicted molar refractivity (Wildman–Crippen MR) is 96.0 cm³/mol. The van der Waals surface area contributed by atoms with E-state index >= 15 is 0 Å². The molecule has 0 spiro atoms. The van der Waals surface area contributed by atoms with Crippen molar-refractivity contribution in [1.29, 1.82) is 0 Å². The summed E-state index contributed by atoms with van der Waals surface area (Å²) in [5.74, 6) is 1.66. The molecule has 2 unspecified atom stereocenters. The summed E-state index contributed by atoms with van der Waals surface area (Å²) in [6, 6.07) is 4.30. The third kappa shape index (κ3) is 2.33. The summed E-state index contributed by atoms with van der Waals surface area (Å²) in [6.07, 6.45) is 8.41. The molecule has 3 fully saturated rings. The molecule has 2 N–H and O–H groups in total. The van der Waals surface area contributed by atoms with Crippen LogP contribution in [0, 0.1) is 11.8 Å². The molecule has 5 rings (SSSR count). The Balaban J connectivity index is 1.61. The van der Waals surface area contributed by atoms with Gasteiger partial charge < -0.3 is 14.9 Å². The van der Waals surface area contributed by atoms with Gasteiger partial charge in [-0.1, -0.05) is 6.07 Å². The van der Waals surface area contributed by atoms with Crippen LogP contribution in [0.25, 0.3) is 0 Å². The summed E-state index contributed by atoms with van der Waals surface area (Å²) < 4.78 is 5.76. The fourth-order valence-electron chi connectivity index (χ4n) is 6.23. The quantitative estimate of drug-likeness (QED) is 0.828. The van der Waals surface area contributed by atoms with Gasteiger partial charge in [0, 0.05) is 30.7 Å². The number of likely N-dealkylation sites (tertiary alicyclic amines) is 1. The first-order valence-electron chi connectivity index (χ1n) is 9.93. The number of hydrogen-bond acceptors (Lipinski definition) is 4. The average molecular weight is 343 g/mol. The molecule has 1 saturated heterocycles. The molecule has 4 atom stereocenters. The second-order valence-corrected chi connectivity index (χ2v) is 8.83. The van der Waals surface area contributed by atoms with E-state index in [-0.39, 0.29) is 23.0 Å². The fraction of sp³-hybridized carbons (Fsp3) is 0.714. The van der Waals surface area contributed by atoms with E-state index in [4.69, 9.17) is 4.74 Å². The van der Waals surface area contributed by atoms with E-state index in [1.54, 1.807) is 6.07 Å². The monoisotopic (exact) mass is 343 g/mol. The van der Waals surface area contributed by atoms with E-state index in [1.165, 1.54) is 31.4 Å². The summed E-state index contributed by atoms with van der Waals surface area (Å²) in [4.78, 5) is 2.75. The number of phenolic OH excluding ortho intramolecular Hbond substituents is 2. The van der Waals surface area contributed by atoms with Crippen LogP contribution in [0.3, 0.4) is 0 Å². The molecular weight excluding hydrogens is 314 g/mol. The van der Waals surface area contributed by atoms with Gasteiger partial charge in [0.1, 0.15) is 0 Å². The first-order chi connectivity index (χ1) is 12.1. The van der Waals surface area contributed by atoms with Crippen molar-refractivity contribution in [3.8, 4) is 11.5 Å². The van der Waals surface area contributed by atoms with Crippen molar-refractivity contribution in [1.82, 2.24) is 4.90 Å². The molecule has 0 amide bonds. The second-order valence-electron chi connectivity index (χ2n) is 8.83. The summed E-state index contributed by atoms with van der Waals surface area (Å²) in [5.41, 5.74) is 2.26. The molecule has 4 aliphatic rings. The van der Waals surface area contributed by atoms with Gasteiger partial charge in [0.05, 0.1) is 6.10 Å². The first-order valence-corrected chi connectivity index (χ1v) is 9.93. The van der Waals surface area contributed by atoms with Gasteiger partial charge in [0.25, 0.3) is 0 Å². The number of ether oxygens (including phenoxy) is 1. The van der Waals surface area contributed by atoms with E-state index in [0.717, 1.165) is 43.7 Å². The molecule has 1 aromatic rings. The van der Waals surface area contributed by atoms with Gasteiger partial charge in [-0.2, -0.15) is 0 Å². The molecule has 1 aromatic carbocycles. The highest BCUT2D eigenvalue weighted by Crippen LogP contribution is 2.59. The Morgan fingerprint density at radius 1 is 1.20 bits per heavy atom. The minimum absolute atomic E-state index is 0.0277. The van der Waals surface area contributed by atoms with Gasteiger partial charge in [-0.15, -0.1) is 0 Å². The van der Waals surface area contributed by atoms with Crippen molar-refractivity contribution in [2.45, 2.75) is 62.5 Å². The zero-order valence-corrected chi connectivity index (χ0v) is 15.1. The maximum absolute atomic E-state index is 10.8. The Labute approximate surface area is 149 Å². The minimum Gasteiger partial charge on any atom is -0.504 e. The summed E-state index contributed by atoms with van der Waals surface area (Å²) >= 11 is 0. The Morgan fingerprint density at radius 2 is 2.04 bits per heavy atom. The van der Waals surface area contributed by atoms with Crippen LogP contribution in [0.5, 0.6) is 11.5 Å². The first kappa shape index (κ1) is 16.0. The molecule has 25 heavy (non-hydrogen) atoms. The van der Waals surface area contributed by atoms with Crippen molar-refractivity contribution >= 4 is 0 Å². The van der Waals surface area contributed by atoms with E-state index in [9.17, 15) is 10.2 Å². The van der Waals surface area contributed by atoms with Gasteiger partial charge in [0.2, 0.25) is 0 Å². The lowest BCUT2D eigenvalue weighted by Crippen LogP contribution is -2.62. The lowest BCUT2D eigenvalue weighted by atomic mass is 9.51. The van der Waals surface area contributed by atoms with Gasteiger partial charge in [0.15, 0.2) is 11.5 Å². The molecule has 2 saturated carbocycles. The van der Waals surface area contributed by atoms with Crippen molar-refractivity contribution in [2.24, 2.45) is 11.8 Å². The number of hydrogen-bond donors (Lipinski definition) is 2. The van der Waals surface area contributed by atoms with E-state index in [1.807, 2.05) is 13.2 Å². The average Bonchev–Trinajstić information content (AvgIpc) is 3.43. The lowest BCUT2D eigenvalue weighted by molar-refractivity contribution is -0.0613. The number of benzene rings is 1. The van der Waals surface area contributed by atoms with Crippen LogP contribution >= 0.6 is 0 Å². The summed E-state index contributed by atoms with van der Waals surface area (Å²) in [5, 5.41) is 20.9. The standard InChI is InChI=1S/C21H29NO3/c1-25-15-5-6-16-17-10-14-4-7-18(23)20(24)19(14)21(16,11-15)8-9-22(17)12-13-2-3-13/h4,7,13,15-17,23-24H,2-3,5-6,8-12H2,1H3/t15-,16?,17?,21+/m0/s1. The minimum atomic E-state index is -0.0277. The zero-order chi connectivity index (χ0) is 17.2. The smallest absolute Gasteiger partial charge is 0.161 e. The Morgan fingerprint density at radius 3 is 2.80 bits per heavy atom. The highest BCUT2D eigenvalue weighted by molar-refractivity contribution is 5.56. The van der Waals surface area contributed by atoms with Gasteiger partial charge in [-0.3, -0.25) is 4.90 Å². The molecule has 136 valence electrons. The fourth-order valence-corrected chi connectivity index (χ4v) is 6.23. The number of phenols is 2. The number of aromatic hydroxyl groups is 2. The predicted octanol–water partition coefficient (Wildman–Crippen LogP) is 3.19. The van der Waals surface area contributed by atoms with Crippen LogP contribution in [0.4, 0.5) is 0 Å². The number of rotatable bonds is 3. The van der Waals surface area contributed by atoms with Gasteiger partial charge in [-0.05, 0) is 75.0 Å². The zero-order valence-electron chi connectivity index (χ0n) is 15.1. The van der Waals surface area contributed by atoms with E-state index < -0.39 is 0 Å². The topological polar surface area (TPSA) is 52.9 Å². The van der Waals surface area contributed by atoms with E-state index in [2.05, 4.69) is 4.90 Å². The maximum Gasteiger partial charge on any atom is 0.161 e. The van der Waals surface area contributed by atoms with Crippen molar-refractivity contribution in [3.63, 3.8) is 0 Å².